The SMILES string of the molecule is CCCCC(=O)C(C)(CC)CC. The second-order valence-corrected chi connectivity index (χ2v) is 3.79. The zero-order chi connectivity index (χ0) is 9.61. The molecule has 0 atom stereocenters. The van der Waals surface area contributed by atoms with E-state index in [0.29, 0.717) is 5.78 Å². The van der Waals surface area contributed by atoms with E-state index in [4.69, 9.17) is 0 Å². The number of hydrogen-bond acceptors (Lipinski definition) is 1. The summed E-state index contributed by atoms with van der Waals surface area (Å²) in [5.41, 5.74) is -0.0465. The molecule has 0 aromatic carbocycles. The first-order chi connectivity index (χ1) is 5.60. The predicted octanol–water partition coefficient (Wildman–Crippen LogP) is 3.57. The third-order valence-electron chi connectivity index (χ3n) is 2.99. The van der Waals surface area contributed by atoms with E-state index in [0.717, 1.165) is 32.1 Å². The van der Waals surface area contributed by atoms with Crippen molar-refractivity contribution < 1.29 is 4.79 Å². The molecule has 0 bridgehead atoms. The van der Waals surface area contributed by atoms with Gasteiger partial charge in [0.25, 0.3) is 0 Å². The van der Waals surface area contributed by atoms with Crippen LogP contribution in [0.25, 0.3) is 0 Å². The van der Waals surface area contributed by atoms with Crippen molar-refractivity contribution in [3.05, 3.63) is 0 Å². The van der Waals surface area contributed by atoms with Crippen LogP contribution in [0.2, 0.25) is 0 Å². The zero-order valence-corrected chi connectivity index (χ0v) is 8.94. The Morgan fingerprint density at radius 2 is 1.67 bits per heavy atom. The Morgan fingerprint density at radius 1 is 1.17 bits per heavy atom. The van der Waals surface area contributed by atoms with Gasteiger partial charge >= 0.3 is 0 Å². The third kappa shape index (κ3) is 2.96. The topological polar surface area (TPSA) is 17.1 Å². The Hall–Kier alpha value is -0.330. The van der Waals surface area contributed by atoms with Crippen LogP contribution in [0.4, 0.5) is 0 Å². The van der Waals surface area contributed by atoms with Crippen LogP contribution in [0.5, 0.6) is 0 Å². The minimum Gasteiger partial charge on any atom is -0.299 e. The molecule has 0 heterocycles. The first-order valence-electron chi connectivity index (χ1n) is 5.14. The summed E-state index contributed by atoms with van der Waals surface area (Å²) < 4.78 is 0. The molecule has 0 amide bonds. The molecule has 0 N–H and O–H groups in total. The first-order valence-corrected chi connectivity index (χ1v) is 5.14. The van der Waals surface area contributed by atoms with Crippen LogP contribution in [-0.2, 0) is 4.79 Å². The molecule has 0 aromatic rings. The summed E-state index contributed by atoms with van der Waals surface area (Å²) in [6.45, 7) is 8.42. The van der Waals surface area contributed by atoms with Crippen molar-refractivity contribution in [2.24, 2.45) is 5.41 Å². The van der Waals surface area contributed by atoms with Crippen LogP contribution in [0.15, 0.2) is 0 Å². The molecule has 1 heteroatoms. The molecule has 0 aromatic heterocycles. The molecule has 0 radical (unpaired) electrons. The Morgan fingerprint density at radius 3 is 2.00 bits per heavy atom. The van der Waals surface area contributed by atoms with E-state index in [1.54, 1.807) is 0 Å². The quantitative estimate of drug-likeness (QED) is 0.595. The van der Waals surface area contributed by atoms with Gasteiger partial charge in [-0.15, -0.1) is 0 Å². The summed E-state index contributed by atoms with van der Waals surface area (Å²) in [6.07, 6.45) is 4.90. The van der Waals surface area contributed by atoms with E-state index in [9.17, 15) is 4.79 Å². The summed E-state index contributed by atoms with van der Waals surface area (Å²) in [5.74, 6) is 0.453. The lowest BCUT2D eigenvalue weighted by Gasteiger charge is -2.24. The van der Waals surface area contributed by atoms with Crippen molar-refractivity contribution in [3.63, 3.8) is 0 Å². The Balaban J connectivity index is 4.03. The van der Waals surface area contributed by atoms with Crippen LogP contribution in [-0.4, -0.2) is 5.78 Å². The molecule has 0 saturated heterocycles. The Bertz CT molecular complexity index is 134. The van der Waals surface area contributed by atoms with Crippen molar-refractivity contribution in [2.45, 2.75) is 59.8 Å². The fourth-order valence-electron chi connectivity index (χ4n) is 1.28. The van der Waals surface area contributed by atoms with Crippen LogP contribution in [0.1, 0.15) is 59.8 Å². The standard InChI is InChI=1S/C11H22O/c1-5-8-9-10(12)11(4,6-2)7-3/h5-9H2,1-4H3. The maximum atomic E-state index is 11.7. The van der Waals surface area contributed by atoms with Crippen molar-refractivity contribution in [2.75, 3.05) is 0 Å². The summed E-state index contributed by atoms with van der Waals surface area (Å²) in [4.78, 5) is 11.7. The molecule has 0 rings (SSSR count). The Kier molecular flexibility index (Phi) is 5.19. The molecule has 72 valence electrons. The lowest BCUT2D eigenvalue weighted by Crippen LogP contribution is -2.25. The second kappa shape index (κ2) is 5.34. The average molecular weight is 170 g/mol. The lowest BCUT2D eigenvalue weighted by molar-refractivity contribution is -0.128. The molecular weight excluding hydrogens is 148 g/mol. The van der Waals surface area contributed by atoms with E-state index >= 15 is 0 Å². The number of hydrogen-bond donors (Lipinski definition) is 0. The normalized spacial score (nSPS) is 11.7. The van der Waals surface area contributed by atoms with Crippen LogP contribution < -0.4 is 0 Å². The van der Waals surface area contributed by atoms with Gasteiger partial charge in [0.05, 0.1) is 0 Å². The summed E-state index contributed by atoms with van der Waals surface area (Å²) in [7, 11) is 0. The summed E-state index contributed by atoms with van der Waals surface area (Å²) >= 11 is 0. The summed E-state index contributed by atoms with van der Waals surface area (Å²) in [6, 6.07) is 0. The molecule has 0 aliphatic heterocycles. The van der Waals surface area contributed by atoms with Crippen LogP contribution in [0.3, 0.4) is 0 Å². The van der Waals surface area contributed by atoms with Crippen molar-refractivity contribution in [1.82, 2.24) is 0 Å². The molecular formula is C11H22O. The van der Waals surface area contributed by atoms with Gasteiger partial charge in [-0.1, -0.05) is 34.1 Å². The second-order valence-electron chi connectivity index (χ2n) is 3.79. The van der Waals surface area contributed by atoms with Gasteiger partial charge < -0.3 is 0 Å². The van der Waals surface area contributed by atoms with Gasteiger partial charge in [-0.3, -0.25) is 4.79 Å². The van der Waals surface area contributed by atoms with Crippen LogP contribution in [0, 0.1) is 5.41 Å². The van der Waals surface area contributed by atoms with E-state index in [1.807, 2.05) is 0 Å². The van der Waals surface area contributed by atoms with Gasteiger partial charge in [0, 0.05) is 11.8 Å². The van der Waals surface area contributed by atoms with Gasteiger partial charge in [-0.05, 0) is 19.3 Å². The first kappa shape index (κ1) is 11.7. The largest absolute Gasteiger partial charge is 0.299 e. The lowest BCUT2D eigenvalue weighted by atomic mass is 9.79. The number of unbranched alkanes of at least 4 members (excludes halogenated alkanes) is 1. The van der Waals surface area contributed by atoms with Crippen molar-refractivity contribution in [1.29, 1.82) is 0 Å². The average Bonchev–Trinajstić information content (AvgIpc) is 2.12. The van der Waals surface area contributed by atoms with E-state index in [1.165, 1.54) is 0 Å². The highest BCUT2D eigenvalue weighted by Gasteiger charge is 2.27. The van der Waals surface area contributed by atoms with Gasteiger partial charge in [0.2, 0.25) is 0 Å². The number of rotatable bonds is 6. The molecule has 0 aliphatic rings. The zero-order valence-electron chi connectivity index (χ0n) is 8.94. The fraction of sp³-hybridized carbons (Fsp3) is 0.909. The predicted molar refractivity (Wildman–Crippen MR) is 53.2 cm³/mol. The summed E-state index contributed by atoms with van der Waals surface area (Å²) in [5, 5.41) is 0. The molecule has 0 aliphatic carbocycles. The molecule has 0 fully saturated rings. The highest BCUT2D eigenvalue weighted by molar-refractivity contribution is 5.84. The third-order valence-corrected chi connectivity index (χ3v) is 2.99. The van der Waals surface area contributed by atoms with Gasteiger partial charge in [0.15, 0.2) is 0 Å². The minimum atomic E-state index is -0.0465. The molecule has 0 spiro atoms. The van der Waals surface area contributed by atoms with E-state index in [2.05, 4.69) is 27.7 Å². The molecule has 0 unspecified atom stereocenters. The van der Waals surface area contributed by atoms with Crippen molar-refractivity contribution in [3.8, 4) is 0 Å². The van der Waals surface area contributed by atoms with E-state index < -0.39 is 0 Å². The monoisotopic (exact) mass is 170 g/mol. The highest BCUT2D eigenvalue weighted by Crippen LogP contribution is 2.28. The highest BCUT2D eigenvalue weighted by atomic mass is 16.1. The molecule has 1 nitrogen and oxygen atoms in total. The smallest absolute Gasteiger partial charge is 0.138 e. The number of carbonyl (C=O) groups is 1. The van der Waals surface area contributed by atoms with E-state index in [-0.39, 0.29) is 5.41 Å². The number of Topliss-reactive ketones (excluding diaryl/α,β-unsaturated/α-hetero) is 1. The maximum Gasteiger partial charge on any atom is 0.138 e. The number of carbonyl (C=O) groups excluding carboxylic acids is 1. The molecule has 12 heavy (non-hydrogen) atoms. The van der Waals surface area contributed by atoms with Crippen molar-refractivity contribution >= 4 is 5.78 Å². The minimum absolute atomic E-state index is 0.0465. The Labute approximate surface area is 76.6 Å². The van der Waals surface area contributed by atoms with Gasteiger partial charge in [-0.2, -0.15) is 0 Å². The van der Waals surface area contributed by atoms with Crippen LogP contribution >= 0.6 is 0 Å². The fourth-order valence-corrected chi connectivity index (χ4v) is 1.28. The van der Waals surface area contributed by atoms with Gasteiger partial charge in [-0.25, -0.2) is 0 Å². The number of ketones is 1. The van der Waals surface area contributed by atoms with Gasteiger partial charge in [0.1, 0.15) is 5.78 Å². The molecule has 0 saturated carbocycles. The maximum absolute atomic E-state index is 11.7.